The Bertz CT molecular complexity index is 423. The van der Waals surface area contributed by atoms with Gasteiger partial charge in [0.1, 0.15) is 5.75 Å². The van der Waals surface area contributed by atoms with Gasteiger partial charge in [-0.15, -0.1) is 0 Å². The molecule has 0 radical (unpaired) electrons. The molecule has 94 valence electrons. The van der Waals surface area contributed by atoms with E-state index in [9.17, 15) is 17.7 Å². The van der Waals surface area contributed by atoms with E-state index in [1.165, 1.54) is 12.1 Å². The van der Waals surface area contributed by atoms with Crippen LogP contribution in [0, 0.1) is 13.8 Å². The van der Waals surface area contributed by atoms with E-state index in [2.05, 4.69) is 0 Å². The molecular formula is C10H12BF3NO2-. The molecule has 0 bridgehead atoms. The van der Waals surface area contributed by atoms with Crippen molar-refractivity contribution in [1.29, 1.82) is 0 Å². The van der Waals surface area contributed by atoms with Gasteiger partial charge in [-0.3, -0.25) is 4.79 Å². The van der Waals surface area contributed by atoms with Gasteiger partial charge in [-0.2, -0.15) is 0 Å². The summed E-state index contributed by atoms with van der Waals surface area (Å²) in [5, 5.41) is 0. The number of hydrogen-bond acceptors (Lipinski definition) is 2. The largest absolute Gasteiger partial charge is 0.521 e. The molecule has 1 amide bonds. The number of amides is 1. The van der Waals surface area contributed by atoms with Crippen LogP contribution in [0.1, 0.15) is 21.5 Å². The van der Waals surface area contributed by atoms with Gasteiger partial charge in [0.05, 0.1) is 6.51 Å². The average molecular weight is 246 g/mol. The van der Waals surface area contributed by atoms with Crippen molar-refractivity contribution >= 4 is 12.9 Å². The summed E-state index contributed by atoms with van der Waals surface area (Å²) in [7, 11) is 0. The minimum atomic E-state index is -4.99. The Morgan fingerprint density at radius 3 is 2.12 bits per heavy atom. The Labute approximate surface area is 96.8 Å². The maximum atomic E-state index is 12.1. The first kappa shape index (κ1) is 13.4. The molecule has 0 saturated heterocycles. The first-order chi connectivity index (χ1) is 7.70. The number of carbonyl (C=O) groups is 1. The molecule has 2 N–H and O–H groups in total. The molecule has 1 aromatic rings. The first-order valence-corrected chi connectivity index (χ1v) is 4.95. The number of ether oxygens (including phenoxy) is 1. The van der Waals surface area contributed by atoms with Crippen molar-refractivity contribution in [3.63, 3.8) is 0 Å². The number of nitrogens with two attached hydrogens (primary N) is 1. The number of halogens is 3. The zero-order chi connectivity index (χ0) is 13.2. The molecule has 0 fully saturated rings. The number of primary amides is 1. The summed E-state index contributed by atoms with van der Waals surface area (Å²) >= 11 is 0. The maximum absolute atomic E-state index is 12.1. The highest BCUT2D eigenvalue weighted by Gasteiger charge is 2.25. The number of benzene rings is 1. The molecule has 1 aromatic carbocycles. The molecule has 0 aliphatic carbocycles. The van der Waals surface area contributed by atoms with Crippen LogP contribution in [0.15, 0.2) is 12.1 Å². The molecule has 0 atom stereocenters. The summed E-state index contributed by atoms with van der Waals surface area (Å²) in [6.45, 7) is -3.15. The van der Waals surface area contributed by atoms with E-state index in [4.69, 9.17) is 10.5 Å². The van der Waals surface area contributed by atoms with Crippen LogP contribution >= 0.6 is 0 Å². The Hall–Kier alpha value is -1.66. The smallest absolute Gasteiger partial charge is 0.515 e. The molecule has 3 nitrogen and oxygen atoms in total. The van der Waals surface area contributed by atoms with Crippen LogP contribution in [-0.4, -0.2) is 19.4 Å². The van der Waals surface area contributed by atoms with E-state index in [1.807, 2.05) is 0 Å². The third-order valence-electron chi connectivity index (χ3n) is 2.16. The van der Waals surface area contributed by atoms with Gasteiger partial charge in [0, 0.05) is 5.56 Å². The molecule has 7 heteroatoms. The SMILES string of the molecule is Cc1cc(C(N)=O)cc(C)c1OC[B-](F)(F)F. The van der Waals surface area contributed by atoms with Crippen molar-refractivity contribution in [3.05, 3.63) is 28.8 Å². The highest BCUT2D eigenvalue weighted by atomic mass is 19.4. The molecule has 1 rings (SSSR count). The lowest BCUT2D eigenvalue weighted by atomic mass is 9.94. The molecule has 0 saturated carbocycles. The lowest BCUT2D eigenvalue weighted by Crippen LogP contribution is -2.26. The Kier molecular flexibility index (Phi) is 3.70. The Balaban J connectivity index is 2.98. The monoisotopic (exact) mass is 246 g/mol. The standard InChI is InChI=1S/C10H12BF3NO2/c1-6-3-8(10(15)16)4-7(2)9(6)17-5-11(12,13)14/h3-4H,5H2,1-2H3,(H2,15,16)/q-1. The van der Waals surface area contributed by atoms with Gasteiger partial charge in [0.25, 0.3) is 0 Å². The lowest BCUT2D eigenvalue weighted by Gasteiger charge is -2.18. The van der Waals surface area contributed by atoms with Crippen LogP contribution < -0.4 is 10.5 Å². The van der Waals surface area contributed by atoms with Gasteiger partial charge >= 0.3 is 6.98 Å². The van der Waals surface area contributed by atoms with E-state index < -0.39 is 19.4 Å². The summed E-state index contributed by atoms with van der Waals surface area (Å²) in [6.07, 6.45) is 0. The summed E-state index contributed by atoms with van der Waals surface area (Å²) in [5.41, 5.74) is 6.26. The molecule has 0 spiro atoms. The van der Waals surface area contributed by atoms with Crippen LogP contribution in [0.25, 0.3) is 0 Å². The van der Waals surface area contributed by atoms with Crippen molar-refractivity contribution in [2.45, 2.75) is 13.8 Å². The zero-order valence-electron chi connectivity index (χ0n) is 9.47. The average Bonchev–Trinajstić information content (AvgIpc) is 2.14. The fraction of sp³-hybridized carbons (Fsp3) is 0.300. The number of carbonyl (C=O) groups excluding carboxylic acids is 1. The number of hydrogen-bond donors (Lipinski definition) is 1. The van der Waals surface area contributed by atoms with Gasteiger partial charge in [-0.1, -0.05) is 0 Å². The summed E-state index contributed by atoms with van der Waals surface area (Å²) in [5.74, 6) is -0.475. The highest BCUT2D eigenvalue weighted by Crippen LogP contribution is 2.26. The normalized spacial score (nSPS) is 11.4. The van der Waals surface area contributed by atoms with Crippen LogP contribution in [0.2, 0.25) is 0 Å². The van der Waals surface area contributed by atoms with Crippen molar-refractivity contribution in [2.75, 3.05) is 6.51 Å². The second-order valence-corrected chi connectivity index (χ2v) is 3.82. The van der Waals surface area contributed by atoms with Crippen molar-refractivity contribution < 1.29 is 22.5 Å². The lowest BCUT2D eigenvalue weighted by molar-refractivity contribution is 0.1000. The molecule has 0 aliphatic heterocycles. The quantitative estimate of drug-likeness (QED) is 0.827. The van der Waals surface area contributed by atoms with E-state index in [-0.39, 0.29) is 11.3 Å². The van der Waals surface area contributed by atoms with Crippen molar-refractivity contribution in [2.24, 2.45) is 5.73 Å². The zero-order valence-corrected chi connectivity index (χ0v) is 9.47. The third-order valence-corrected chi connectivity index (χ3v) is 2.16. The van der Waals surface area contributed by atoms with Gasteiger partial charge in [-0.25, -0.2) is 0 Å². The summed E-state index contributed by atoms with van der Waals surface area (Å²) in [4.78, 5) is 10.9. The van der Waals surface area contributed by atoms with E-state index in [0.717, 1.165) is 0 Å². The molecular weight excluding hydrogens is 234 g/mol. The number of aryl methyl sites for hydroxylation is 2. The third kappa shape index (κ3) is 3.69. The van der Waals surface area contributed by atoms with Crippen molar-refractivity contribution in [3.8, 4) is 5.75 Å². The predicted molar refractivity (Wildman–Crippen MR) is 59.0 cm³/mol. The molecule has 0 aliphatic rings. The van der Waals surface area contributed by atoms with Crippen LogP contribution in [0.5, 0.6) is 5.75 Å². The minimum Gasteiger partial charge on any atom is -0.521 e. The molecule has 17 heavy (non-hydrogen) atoms. The van der Waals surface area contributed by atoms with E-state index >= 15 is 0 Å². The second-order valence-electron chi connectivity index (χ2n) is 3.82. The van der Waals surface area contributed by atoms with Crippen molar-refractivity contribution in [1.82, 2.24) is 0 Å². The Morgan fingerprint density at radius 2 is 1.76 bits per heavy atom. The number of rotatable bonds is 4. The molecule has 0 heterocycles. The maximum Gasteiger partial charge on any atom is 0.515 e. The topological polar surface area (TPSA) is 52.3 Å². The molecule has 0 unspecified atom stereocenters. The van der Waals surface area contributed by atoms with Crippen LogP contribution in [0.4, 0.5) is 12.9 Å². The van der Waals surface area contributed by atoms with Crippen LogP contribution in [0.3, 0.4) is 0 Å². The fourth-order valence-electron chi connectivity index (χ4n) is 1.50. The summed E-state index contributed by atoms with van der Waals surface area (Å²) < 4.78 is 40.9. The van der Waals surface area contributed by atoms with Gasteiger partial charge in [0.15, 0.2) is 0 Å². The second kappa shape index (κ2) is 4.69. The first-order valence-electron chi connectivity index (χ1n) is 4.95. The van der Waals surface area contributed by atoms with Gasteiger partial charge < -0.3 is 23.4 Å². The highest BCUT2D eigenvalue weighted by molar-refractivity contribution is 6.58. The minimum absolute atomic E-state index is 0.147. The van der Waals surface area contributed by atoms with Gasteiger partial charge in [0.2, 0.25) is 5.91 Å². The van der Waals surface area contributed by atoms with Crippen LogP contribution in [-0.2, 0) is 0 Å². The van der Waals surface area contributed by atoms with E-state index in [1.54, 1.807) is 13.8 Å². The van der Waals surface area contributed by atoms with Gasteiger partial charge in [-0.05, 0) is 37.1 Å². The predicted octanol–water partition coefficient (Wildman–Crippen LogP) is 2.17. The Morgan fingerprint density at radius 1 is 1.29 bits per heavy atom. The summed E-state index contributed by atoms with van der Waals surface area (Å²) in [6, 6.07) is 2.82. The van der Waals surface area contributed by atoms with E-state index in [0.29, 0.717) is 11.1 Å². The molecule has 0 aromatic heterocycles. The fourth-order valence-corrected chi connectivity index (χ4v) is 1.50.